The van der Waals surface area contributed by atoms with Gasteiger partial charge in [0.25, 0.3) is 0 Å². The van der Waals surface area contributed by atoms with Crippen LogP contribution in [0.15, 0.2) is 19.2 Å². The van der Waals surface area contributed by atoms with Crippen molar-refractivity contribution in [3.05, 3.63) is 25.9 Å². The molecule has 1 aromatic heterocycles. The molecule has 0 spiro atoms. The highest BCUT2D eigenvalue weighted by atomic mass is 79.9. The number of unbranched alkanes of at least 4 members (excludes halogenated alkanes) is 1. The van der Waals surface area contributed by atoms with Gasteiger partial charge in [-0.2, -0.15) is 0 Å². The largest absolute Gasteiger partial charge is 0.250 e. The van der Waals surface area contributed by atoms with Crippen molar-refractivity contribution in [3.8, 4) is 0 Å². The van der Waals surface area contributed by atoms with E-state index < -0.39 is 10.0 Å². The smallest absolute Gasteiger partial charge is 0.210 e. The van der Waals surface area contributed by atoms with Crippen molar-refractivity contribution in [2.75, 3.05) is 13.1 Å². The van der Waals surface area contributed by atoms with E-state index in [1.165, 1.54) is 11.3 Å². The fourth-order valence-corrected chi connectivity index (χ4v) is 4.54. The van der Waals surface area contributed by atoms with E-state index in [2.05, 4.69) is 30.7 Å². The molecule has 6 nitrogen and oxygen atoms in total. The molecule has 1 heterocycles. The lowest BCUT2D eigenvalue weighted by molar-refractivity contribution is 0.579. The van der Waals surface area contributed by atoms with Crippen LogP contribution in [0, 0.1) is 6.92 Å². The lowest BCUT2D eigenvalue weighted by atomic mass is 10.3. The summed E-state index contributed by atoms with van der Waals surface area (Å²) >= 11 is 4.49. The Morgan fingerprint density at radius 1 is 1.56 bits per heavy atom. The number of nitrogens with zero attached hydrogens (tertiary/aromatic N) is 3. The second kappa shape index (κ2) is 7.10. The van der Waals surface area contributed by atoms with Gasteiger partial charge in [0.2, 0.25) is 10.0 Å². The predicted octanol–water partition coefficient (Wildman–Crippen LogP) is 3.19. The maximum Gasteiger partial charge on any atom is 0.250 e. The van der Waals surface area contributed by atoms with Crippen LogP contribution in [0.2, 0.25) is 0 Å². The molecule has 0 saturated carbocycles. The summed E-state index contributed by atoms with van der Waals surface area (Å²) in [6.07, 6.45) is 1.31. The number of azide groups is 1. The Balaban J connectivity index is 2.48. The van der Waals surface area contributed by atoms with Crippen LogP contribution < -0.4 is 4.72 Å². The van der Waals surface area contributed by atoms with Crippen molar-refractivity contribution < 1.29 is 8.42 Å². The molecule has 0 amide bonds. The summed E-state index contributed by atoms with van der Waals surface area (Å²) in [5.74, 6) is 0. The fraction of sp³-hybridized carbons (Fsp3) is 0.556. The predicted molar refractivity (Wildman–Crippen MR) is 75.2 cm³/mol. The molecule has 0 radical (unpaired) electrons. The van der Waals surface area contributed by atoms with Crippen LogP contribution in [0.25, 0.3) is 10.4 Å². The average Bonchev–Trinajstić information content (AvgIpc) is 2.65. The lowest BCUT2D eigenvalue weighted by Crippen LogP contribution is -2.24. The minimum atomic E-state index is -3.42. The quantitative estimate of drug-likeness (QED) is 0.353. The number of hydrogen-bond donors (Lipinski definition) is 1. The van der Waals surface area contributed by atoms with Gasteiger partial charge in [-0.1, -0.05) is 5.11 Å². The van der Waals surface area contributed by atoms with E-state index in [0.29, 0.717) is 30.1 Å². The Morgan fingerprint density at radius 3 is 2.83 bits per heavy atom. The van der Waals surface area contributed by atoms with Crippen LogP contribution in [-0.4, -0.2) is 21.5 Å². The van der Waals surface area contributed by atoms with E-state index in [1.807, 2.05) is 6.92 Å². The summed E-state index contributed by atoms with van der Waals surface area (Å²) < 4.78 is 27.4. The van der Waals surface area contributed by atoms with Gasteiger partial charge < -0.3 is 0 Å². The topological polar surface area (TPSA) is 94.9 Å². The van der Waals surface area contributed by atoms with Gasteiger partial charge in [0.15, 0.2) is 0 Å². The van der Waals surface area contributed by atoms with Gasteiger partial charge in [-0.3, -0.25) is 0 Å². The SMILES string of the molecule is Cc1cc(S(=O)(=O)NCCCCN=[N+]=[N-])sc1Br. The first-order valence-corrected chi connectivity index (χ1v) is 8.33. The average molecular weight is 353 g/mol. The van der Waals surface area contributed by atoms with Crippen LogP contribution in [0.3, 0.4) is 0 Å². The van der Waals surface area contributed by atoms with Crippen molar-refractivity contribution in [2.24, 2.45) is 5.11 Å². The van der Waals surface area contributed by atoms with Gasteiger partial charge >= 0.3 is 0 Å². The number of aryl methyl sites for hydroxylation is 1. The van der Waals surface area contributed by atoms with Gasteiger partial charge in [-0.25, -0.2) is 13.1 Å². The molecule has 100 valence electrons. The molecule has 0 aliphatic carbocycles. The van der Waals surface area contributed by atoms with Crippen molar-refractivity contribution in [3.63, 3.8) is 0 Å². The zero-order valence-electron chi connectivity index (χ0n) is 9.76. The maximum absolute atomic E-state index is 11.9. The fourth-order valence-electron chi connectivity index (χ4n) is 1.19. The first-order chi connectivity index (χ1) is 8.47. The van der Waals surface area contributed by atoms with Crippen molar-refractivity contribution in [1.82, 2.24) is 4.72 Å². The summed E-state index contributed by atoms with van der Waals surface area (Å²) in [7, 11) is -3.42. The highest BCUT2D eigenvalue weighted by Crippen LogP contribution is 2.30. The molecule has 0 unspecified atom stereocenters. The van der Waals surface area contributed by atoms with Crippen molar-refractivity contribution in [1.29, 1.82) is 0 Å². The Morgan fingerprint density at radius 2 is 2.28 bits per heavy atom. The van der Waals surface area contributed by atoms with Crippen molar-refractivity contribution >= 4 is 37.3 Å². The number of nitrogens with one attached hydrogen (secondary N) is 1. The van der Waals surface area contributed by atoms with Gasteiger partial charge in [-0.05, 0) is 52.9 Å². The molecular formula is C9H13BrN4O2S2. The minimum Gasteiger partial charge on any atom is -0.210 e. The number of halogens is 1. The maximum atomic E-state index is 11.9. The molecule has 0 aromatic carbocycles. The molecule has 1 N–H and O–H groups in total. The first kappa shape index (κ1) is 15.5. The molecule has 18 heavy (non-hydrogen) atoms. The Kier molecular flexibility index (Phi) is 6.10. The van der Waals surface area contributed by atoms with Crippen LogP contribution >= 0.6 is 27.3 Å². The first-order valence-electron chi connectivity index (χ1n) is 5.24. The standard InChI is InChI=1S/C9H13BrN4O2S2/c1-7-6-8(17-9(7)10)18(15,16)13-5-3-2-4-12-14-11/h6,13H,2-5H2,1H3. The van der Waals surface area contributed by atoms with E-state index in [9.17, 15) is 8.42 Å². The molecule has 0 saturated heterocycles. The van der Waals surface area contributed by atoms with Gasteiger partial charge in [0.1, 0.15) is 4.21 Å². The molecular weight excluding hydrogens is 340 g/mol. The highest BCUT2D eigenvalue weighted by molar-refractivity contribution is 9.11. The molecule has 1 aromatic rings. The number of thiophene rings is 1. The second-order valence-electron chi connectivity index (χ2n) is 3.58. The monoisotopic (exact) mass is 352 g/mol. The van der Waals surface area contributed by atoms with E-state index in [0.717, 1.165) is 9.35 Å². The minimum absolute atomic E-state index is 0.307. The summed E-state index contributed by atoms with van der Waals surface area (Å²) in [6, 6.07) is 1.64. The number of rotatable bonds is 7. The van der Waals surface area contributed by atoms with Crippen molar-refractivity contribution in [2.45, 2.75) is 24.0 Å². The molecule has 9 heteroatoms. The molecule has 0 bridgehead atoms. The molecule has 1 rings (SSSR count). The number of hydrogen-bond acceptors (Lipinski definition) is 4. The molecule has 0 atom stereocenters. The summed E-state index contributed by atoms with van der Waals surface area (Å²) in [6.45, 7) is 2.58. The molecule has 0 aliphatic heterocycles. The zero-order valence-corrected chi connectivity index (χ0v) is 13.0. The van der Waals surface area contributed by atoms with Gasteiger partial charge in [0.05, 0.1) is 3.79 Å². The van der Waals surface area contributed by atoms with E-state index in [4.69, 9.17) is 5.53 Å². The zero-order chi connectivity index (χ0) is 13.6. The summed E-state index contributed by atoms with van der Waals surface area (Å²) in [4.78, 5) is 2.62. The Bertz CT molecular complexity index is 529. The van der Waals surface area contributed by atoms with Crippen LogP contribution in [0.5, 0.6) is 0 Å². The van der Waals surface area contributed by atoms with E-state index >= 15 is 0 Å². The molecule has 0 aliphatic rings. The summed E-state index contributed by atoms with van der Waals surface area (Å²) in [5.41, 5.74) is 8.98. The van der Waals surface area contributed by atoms with Gasteiger partial charge in [0, 0.05) is 18.0 Å². The van der Waals surface area contributed by atoms with Crippen LogP contribution in [0.1, 0.15) is 18.4 Å². The third-order valence-electron chi connectivity index (χ3n) is 2.14. The Hall–Kier alpha value is -0.600. The third kappa shape index (κ3) is 4.58. The normalized spacial score (nSPS) is 11.2. The third-order valence-corrected chi connectivity index (χ3v) is 6.21. The van der Waals surface area contributed by atoms with Crippen LogP contribution in [-0.2, 0) is 10.0 Å². The lowest BCUT2D eigenvalue weighted by Gasteiger charge is -2.03. The summed E-state index contributed by atoms with van der Waals surface area (Å²) in [5, 5.41) is 3.38. The second-order valence-corrected chi connectivity index (χ2v) is 7.95. The number of sulfonamides is 1. The van der Waals surface area contributed by atoms with E-state index in [-0.39, 0.29) is 0 Å². The Labute approximate surface area is 118 Å². The van der Waals surface area contributed by atoms with Crippen LogP contribution in [0.4, 0.5) is 0 Å². The van der Waals surface area contributed by atoms with E-state index in [1.54, 1.807) is 6.07 Å². The molecule has 0 fully saturated rings. The van der Waals surface area contributed by atoms with Gasteiger partial charge in [-0.15, -0.1) is 11.3 Å². The highest BCUT2D eigenvalue weighted by Gasteiger charge is 2.17.